The Bertz CT molecular complexity index is 1360. The fourth-order valence-electron chi connectivity index (χ4n) is 3.55. The van der Waals surface area contributed by atoms with Crippen molar-refractivity contribution in [3.8, 4) is 29.1 Å². The Balaban J connectivity index is 1.29. The summed E-state index contributed by atoms with van der Waals surface area (Å²) in [4.78, 5) is 35.8. The van der Waals surface area contributed by atoms with Crippen molar-refractivity contribution in [3.05, 3.63) is 72.2 Å². The maximum absolute atomic E-state index is 13.1. The number of ether oxygens (including phenoxy) is 3. The number of hydrogen-bond acceptors (Lipinski definition) is 8. The van der Waals surface area contributed by atoms with Crippen molar-refractivity contribution >= 4 is 17.6 Å². The number of nitrogens with zero attached hydrogens (tertiary/aromatic N) is 3. The number of hydrogen-bond donors (Lipinski definition) is 2. The molecule has 1 aromatic carbocycles. The van der Waals surface area contributed by atoms with E-state index >= 15 is 0 Å². The van der Waals surface area contributed by atoms with Gasteiger partial charge in [-0.3, -0.25) is 19.5 Å². The summed E-state index contributed by atoms with van der Waals surface area (Å²) in [5.74, 6) is 6.26. The van der Waals surface area contributed by atoms with Crippen LogP contribution < -0.4 is 19.7 Å². The molecule has 1 fully saturated rings. The first-order valence-electron chi connectivity index (χ1n) is 11.1. The summed E-state index contributed by atoms with van der Waals surface area (Å²) >= 11 is 0. The number of carbonyl (C=O) groups is 2. The molecule has 1 saturated heterocycles. The van der Waals surface area contributed by atoms with E-state index in [1.54, 1.807) is 37.4 Å². The normalized spacial score (nSPS) is 17.9. The van der Waals surface area contributed by atoms with Crippen molar-refractivity contribution in [1.82, 2.24) is 15.3 Å². The van der Waals surface area contributed by atoms with Crippen LogP contribution >= 0.6 is 0 Å². The summed E-state index contributed by atoms with van der Waals surface area (Å²) in [6, 6.07) is 14.6. The molecule has 2 aromatic heterocycles. The molecule has 36 heavy (non-hydrogen) atoms. The van der Waals surface area contributed by atoms with E-state index in [4.69, 9.17) is 14.2 Å². The second-order valence-electron chi connectivity index (χ2n) is 8.32. The standard InChI is InChI=1S/C26H22N4O6/c1-30-23-22(8-7-17(28-23)9-11-26(33)15-34-16-26)35-14-21(25(30)32)29-24(31)20-13-19(10-12-27-20)36-18-5-3-2-4-6-18/h2-8,10,12-13,21,33H,14-16H2,1H3,(H,29,31). The zero-order chi connectivity index (χ0) is 25.1. The van der Waals surface area contributed by atoms with Crippen LogP contribution in [0, 0.1) is 11.8 Å². The molecule has 0 spiro atoms. The quantitative estimate of drug-likeness (QED) is 0.533. The highest BCUT2D eigenvalue weighted by Gasteiger charge is 2.34. The van der Waals surface area contributed by atoms with Crippen LogP contribution in [0.3, 0.4) is 0 Å². The Hall–Kier alpha value is -4.46. The Kier molecular flexibility index (Phi) is 6.25. The summed E-state index contributed by atoms with van der Waals surface area (Å²) in [7, 11) is 1.54. The third kappa shape index (κ3) is 4.98. The van der Waals surface area contributed by atoms with Gasteiger partial charge in [0.25, 0.3) is 11.8 Å². The molecule has 1 unspecified atom stereocenters. The zero-order valence-corrected chi connectivity index (χ0v) is 19.3. The number of amides is 2. The lowest BCUT2D eigenvalue weighted by Gasteiger charge is -2.30. The number of aliphatic hydroxyl groups is 1. The molecular formula is C26H22N4O6. The van der Waals surface area contributed by atoms with E-state index in [1.165, 1.54) is 17.2 Å². The minimum Gasteiger partial charge on any atom is -0.487 e. The molecular weight excluding hydrogens is 464 g/mol. The number of aromatic nitrogens is 2. The molecule has 1 atom stereocenters. The lowest BCUT2D eigenvalue weighted by atomic mass is 10.0. The third-order valence-electron chi connectivity index (χ3n) is 5.54. The number of anilines is 1. The largest absolute Gasteiger partial charge is 0.487 e. The molecule has 0 aliphatic carbocycles. The Labute approximate surface area is 206 Å². The van der Waals surface area contributed by atoms with Gasteiger partial charge in [-0.25, -0.2) is 4.98 Å². The van der Waals surface area contributed by atoms with Crippen molar-refractivity contribution in [1.29, 1.82) is 0 Å². The van der Waals surface area contributed by atoms with Crippen LogP contribution in [-0.4, -0.2) is 65.4 Å². The summed E-state index contributed by atoms with van der Waals surface area (Å²) < 4.78 is 16.5. The van der Waals surface area contributed by atoms with Crippen molar-refractivity contribution in [3.63, 3.8) is 0 Å². The van der Waals surface area contributed by atoms with Crippen molar-refractivity contribution in [2.75, 3.05) is 31.8 Å². The van der Waals surface area contributed by atoms with Gasteiger partial charge in [-0.05, 0) is 36.3 Å². The molecule has 3 aromatic rings. The number of benzene rings is 1. The Morgan fingerprint density at radius 1 is 1.19 bits per heavy atom. The molecule has 0 saturated carbocycles. The van der Waals surface area contributed by atoms with Crippen LogP contribution in [0.1, 0.15) is 16.2 Å². The van der Waals surface area contributed by atoms with Gasteiger partial charge >= 0.3 is 0 Å². The van der Waals surface area contributed by atoms with E-state index in [9.17, 15) is 14.7 Å². The monoisotopic (exact) mass is 486 g/mol. The zero-order valence-electron chi connectivity index (χ0n) is 19.3. The molecule has 2 N–H and O–H groups in total. The van der Waals surface area contributed by atoms with Gasteiger partial charge in [-0.1, -0.05) is 24.1 Å². The van der Waals surface area contributed by atoms with Crippen LogP contribution in [-0.2, 0) is 9.53 Å². The van der Waals surface area contributed by atoms with Gasteiger partial charge < -0.3 is 24.6 Å². The average Bonchev–Trinajstić information content (AvgIpc) is 2.99. The fourth-order valence-corrected chi connectivity index (χ4v) is 3.55. The third-order valence-corrected chi connectivity index (χ3v) is 5.54. The summed E-state index contributed by atoms with van der Waals surface area (Å²) in [6.45, 7) is 0.194. The fraction of sp³-hybridized carbons (Fsp3) is 0.231. The molecule has 2 aliphatic heterocycles. The number of fused-ring (bicyclic) bond motifs is 1. The molecule has 4 heterocycles. The lowest BCUT2D eigenvalue weighted by molar-refractivity contribution is -0.140. The number of para-hydroxylation sites is 1. The van der Waals surface area contributed by atoms with Crippen LogP contribution in [0.5, 0.6) is 17.2 Å². The summed E-state index contributed by atoms with van der Waals surface area (Å²) in [5.41, 5.74) is -0.729. The van der Waals surface area contributed by atoms with E-state index < -0.39 is 23.5 Å². The van der Waals surface area contributed by atoms with Gasteiger partial charge in [-0.15, -0.1) is 0 Å². The summed E-state index contributed by atoms with van der Waals surface area (Å²) in [6.07, 6.45) is 1.46. The SMILES string of the molecule is CN1C(=O)C(NC(=O)c2cc(Oc3ccccc3)ccn2)COc2ccc(C#CC3(O)COC3)nc21. The maximum atomic E-state index is 13.1. The minimum absolute atomic E-state index is 0.0914. The van der Waals surface area contributed by atoms with Crippen LogP contribution in [0.2, 0.25) is 0 Å². The highest BCUT2D eigenvalue weighted by molar-refractivity contribution is 6.02. The molecule has 2 amide bonds. The molecule has 182 valence electrons. The van der Waals surface area contributed by atoms with E-state index in [2.05, 4.69) is 27.1 Å². The van der Waals surface area contributed by atoms with E-state index in [0.29, 0.717) is 22.9 Å². The number of nitrogens with one attached hydrogen (secondary N) is 1. The molecule has 0 radical (unpaired) electrons. The maximum Gasteiger partial charge on any atom is 0.270 e. The van der Waals surface area contributed by atoms with E-state index in [0.717, 1.165) is 0 Å². The van der Waals surface area contributed by atoms with Crippen molar-refractivity contribution < 1.29 is 28.9 Å². The molecule has 0 bridgehead atoms. The Morgan fingerprint density at radius 3 is 2.75 bits per heavy atom. The predicted molar refractivity (Wildman–Crippen MR) is 128 cm³/mol. The van der Waals surface area contributed by atoms with Crippen LogP contribution in [0.25, 0.3) is 0 Å². The van der Waals surface area contributed by atoms with Gasteiger partial charge in [-0.2, -0.15) is 0 Å². The van der Waals surface area contributed by atoms with Gasteiger partial charge in [0, 0.05) is 19.3 Å². The van der Waals surface area contributed by atoms with E-state index in [1.807, 2.05) is 18.2 Å². The smallest absolute Gasteiger partial charge is 0.270 e. The van der Waals surface area contributed by atoms with Crippen LogP contribution in [0.15, 0.2) is 60.8 Å². The second kappa shape index (κ2) is 9.65. The predicted octanol–water partition coefficient (Wildman–Crippen LogP) is 1.54. The lowest BCUT2D eigenvalue weighted by Crippen LogP contribution is -2.49. The summed E-state index contributed by atoms with van der Waals surface area (Å²) in [5, 5.41) is 12.8. The first-order chi connectivity index (χ1) is 17.4. The van der Waals surface area contributed by atoms with Crippen LogP contribution in [0.4, 0.5) is 5.82 Å². The van der Waals surface area contributed by atoms with Gasteiger partial charge in [0.1, 0.15) is 35.5 Å². The molecule has 5 rings (SSSR count). The number of pyridine rings is 2. The first-order valence-corrected chi connectivity index (χ1v) is 11.1. The molecule has 10 nitrogen and oxygen atoms in total. The van der Waals surface area contributed by atoms with E-state index in [-0.39, 0.29) is 31.3 Å². The second-order valence-corrected chi connectivity index (χ2v) is 8.32. The molecule has 10 heteroatoms. The van der Waals surface area contributed by atoms with Crippen molar-refractivity contribution in [2.24, 2.45) is 0 Å². The Morgan fingerprint density at radius 2 is 2.00 bits per heavy atom. The van der Waals surface area contributed by atoms with Gasteiger partial charge in [0.2, 0.25) is 0 Å². The van der Waals surface area contributed by atoms with Gasteiger partial charge in [0.15, 0.2) is 17.2 Å². The highest BCUT2D eigenvalue weighted by Crippen LogP contribution is 2.29. The number of likely N-dealkylation sites (N-methyl/N-ethyl adjacent to an activating group) is 1. The number of carbonyl (C=O) groups excluding carboxylic acids is 2. The first kappa shape index (κ1) is 23.3. The van der Waals surface area contributed by atoms with Gasteiger partial charge in [0.05, 0.1) is 13.2 Å². The number of rotatable bonds is 4. The average molecular weight is 486 g/mol. The minimum atomic E-state index is -1.18. The highest BCUT2D eigenvalue weighted by atomic mass is 16.5. The molecule has 2 aliphatic rings. The topological polar surface area (TPSA) is 123 Å². The van der Waals surface area contributed by atoms with Crippen molar-refractivity contribution in [2.45, 2.75) is 11.6 Å².